The summed E-state index contributed by atoms with van der Waals surface area (Å²) in [6.07, 6.45) is -4.55. The summed E-state index contributed by atoms with van der Waals surface area (Å²) >= 11 is 5.88. The Hall–Kier alpha value is -3.14. The molecule has 0 radical (unpaired) electrons. The summed E-state index contributed by atoms with van der Waals surface area (Å²) in [4.78, 5) is 12.5. The van der Waals surface area contributed by atoms with Crippen LogP contribution < -0.4 is 10.1 Å². The summed E-state index contributed by atoms with van der Waals surface area (Å²) in [6, 6.07) is 9.29. The molecule has 31 heavy (non-hydrogen) atoms. The number of hydrogen-bond donors (Lipinski definition) is 1. The molecule has 7 nitrogen and oxygen atoms in total. The molecule has 11 heteroatoms. The molecule has 0 atom stereocenters. The monoisotopic (exact) mass is 454 g/mol. The van der Waals surface area contributed by atoms with Crippen LogP contribution in [0.15, 0.2) is 40.9 Å². The first kappa shape index (κ1) is 22.5. The third-order valence-corrected chi connectivity index (χ3v) is 4.35. The Morgan fingerprint density at radius 2 is 1.90 bits per heavy atom. The molecule has 0 fully saturated rings. The van der Waals surface area contributed by atoms with Crippen molar-refractivity contribution in [1.82, 2.24) is 20.7 Å². The third kappa shape index (κ3) is 6.17. The van der Waals surface area contributed by atoms with Crippen LogP contribution in [0.2, 0.25) is 5.02 Å². The van der Waals surface area contributed by atoms with Crippen LogP contribution in [0.1, 0.15) is 41.7 Å². The zero-order valence-electron chi connectivity index (χ0n) is 16.5. The number of alkyl halides is 3. The fourth-order valence-electron chi connectivity index (χ4n) is 2.53. The Morgan fingerprint density at radius 1 is 1.19 bits per heavy atom. The fraction of sp³-hybridized carbons (Fsp3) is 0.300. The molecule has 0 aliphatic heterocycles. The first-order valence-electron chi connectivity index (χ1n) is 9.19. The van der Waals surface area contributed by atoms with Gasteiger partial charge in [-0.15, -0.1) is 10.2 Å². The minimum absolute atomic E-state index is 0.0827. The molecular formula is C20H18ClF3N4O3. The molecule has 3 aromatic rings. The lowest BCUT2D eigenvalue weighted by Gasteiger charge is -2.13. The first-order valence-corrected chi connectivity index (χ1v) is 9.57. The van der Waals surface area contributed by atoms with E-state index in [9.17, 15) is 18.0 Å². The van der Waals surface area contributed by atoms with Crippen molar-refractivity contribution in [1.29, 1.82) is 0 Å². The number of ether oxygens (including phenoxy) is 1. The predicted molar refractivity (Wildman–Crippen MR) is 106 cm³/mol. The summed E-state index contributed by atoms with van der Waals surface area (Å²) in [6.45, 7) is 2.43. The highest BCUT2D eigenvalue weighted by Crippen LogP contribution is 2.30. The predicted octanol–water partition coefficient (Wildman–Crippen LogP) is 4.78. The van der Waals surface area contributed by atoms with Gasteiger partial charge in [-0.05, 0) is 23.8 Å². The van der Waals surface area contributed by atoms with Gasteiger partial charge >= 0.3 is 6.18 Å². The van der Waals surface area contributed by atoms with Crippen molar-refractivity contribution < 1.29 is 27.2 Å². The Kier molecular flexibility index (Phi) is 6.79. The smallest absolute Gasteiger partial charge is 0.422 e. The molecule has 1 N–H and O–H groups in total. The number of benzene rings is 1. The molecule has 0 saturated carbocycles. The van der Waals surface area contributed by atoms with Gasteiger partial charge in [-0.25, -0.2) is 0 Å². The molecule has 164 valence electrons. The number of hydrogen-bond acceptors (Lipinski definition) is 6. The van der Waals surface area contributed by atoms with E-state index in [0.717, 1.165) is 0 Å². The lowest BCUT2D eigenvalue weighted by atomic mass is 10.1. The van der Waals surface area contributed by atoms with Crippen molar-refractivity contribution in [2.75, 3.05) is 6.61 Å². The van der Waals surface area contributed by atoms with Gasteiger partial charge in [0.05, 0.1) is 6.54 Å². The summed E-state index contributed by atoms with van der Waals surface area (Å²) < 4.78 is 47.7. The maximum Gasteiger partial charge on any atom is 0.422 e. The quantitative estimate of drug-likeness (QED) is 0.552. The third-order valence-electron chi connectivity index (χ3n) is 4.10. The largest absolute Gasteiger partial charge is 0.467 e. The molecule has 0 unspecified atom stereocenters. The van der Waals surface area contributed by atoms with E-state index >= 15 is 0 Å². The lowest BCUT2D eigenvalue weighted by Crippen LogP contribution is -2.25. The van der Waals surface area contributed by atoms with Crippen LogP contribution >= 0.6 is 11.6 Å². The Bertz CT molecular complexity index is 1050. The molecule has 1 aromatic carbocycles. The minimum atomic E-state index is -4.55. The van der Waals surface area contributed by atoms with Gasteiger partial charge in [0.25, 0.3) is 5.91 Å². The number of halogens is 4. The van der Waals surface area contributed by atoms with Crippen molar-refractivity contribution in [2.45, 2.75) is 32.5 Å². The summed E-state index contributed by atoms with van der Waals surface area (Å²) in [5, 5.41) is 14.3. The topological polar surface area (TPSA) is 90.1 Å². The van der Waals surface area contributed by atoms with Crippen LogP contribution in [0.5, 0.6) is 5.88 Å². The molecule has 1 amide bonds. The summed E-state index contributed by atoms with van der Waals surface area (Å²) in [5.74, 6) is -0.109. The van der Waals surface area contributed by atoms with Crippen LogP contribution in [0.25, 0.3) is 11.1 Å². The van der Waals surface area contributed by atoms with E-state index in [-0.39, 0.29) is 29.6 Å². The van der Waals surface area contributed by atoms with E-state index < -0.39 is 18.7 Å². The van der Waals surface area contributed by atoms with Crippen molar-refractivity contribution >= 4 is 17.5 Å². The molecule has 0 saturated heterocycles. The van der Waals surface area contributed by atoms with Crippen molar-refractivity contribution in [3.05, 3.63) is 58.6 Å². The van der Waals surface area contributed by atoms with E-state index in [1.807, 2.05) is 13.8 Å². The highest BCUT2D eigenvalue weighted by atomic mass is 35.5. The van der Waals surface area contributed by atoms with Gasteiger partial charge in [0.15, 0.2) is 12.3 Å². The molecule has 0 aliphatic rings. The number of nitrogens with zero attached hydrogens (tertiary/aromatic N) is 3. The number of amides is 1. The molecule has 2 aromatic heterocycles. The lowest BCUT2D eigenvalue weighted by molar-refractivity contribution is -0.154. The molecule has 0 bridgehead atoms. The van der Waals surface area contributed by atoms with Gasteiger partial charge in [0, 0.05) is 22.6 Å². The summed E-state index contributed by atoms with van der Waals surface area (Å²) in [5.41, 5.74) is 1.05. The van der Waals surface area contributed by atoms with E-state index in [0.29, 0.717) is 22.0 Å². The van der Waals surface area contributed by atoms with Crippen LogP contribution in [0, 0.1) is 0 Å². The van der Waals surface area contributed by atoms with E-state index in [1.54, 1.807) is 30.3 Å². The standard InChI is InChI=1S/C20H18ClF3N4O3/c1-11(2)17-7-14(28-31-17)9-25-18(29)16-8-15(12-3-5-13(21)6-4-12)19(27-26-16)30-10-20(22,23)24/h3-8,11H,9-10H2,1-2H3,(H,25,29). The molecule has 3 rings (SSSR count). The Labute approximate surface area is 180 Å². The average molecular weight is 455 g/mol. The normalized spacial score (nSPS) is 11.6. The van der Waals surface area contributed by atoms with Crippen molar-refractivity contribution in [2.24, 2.45) is 0 Å². The zero-order valence-corrected chi connectivity index (χ0v) is 17.3. The van der Waals surface area contributed by atoms with Crippen LogP contribution in [0.4, 0.5) is 13.2 Å². The number of carbonyl (C=O) groups is 1. The van der Waals surface area contributed by atoms with E-state index in [1.165, 1.54) is 6.07 Å². The van der Waals surface area contributed by atoms with Gasteiger partial charge < -0.3 is 14.6 Å². The van der Waals surface area contributed by atoms with Gasteiger partial charge in [-0.1, -0.05) is 42.7 Å². The van der Waals surface area contributed by atoms with Crippen LogP contribution in [-0.2, 0) is 6.54 Å². The number of nitrogens with one attached hydrogen (secondary N) is 1. The van der Waals surface area contributed by atoms with Gasteiger partial charge in [-0.2, -0.15) is 13.2 Å². The van der Waals surface area contributed by atoms with Gasteiger partial charge in [-0.3, -0.25) is 4.79 Å². The molecule has 0 spiro atoms. The van der Waals surface area contributed by atoms with Crippen molar-refractivity contribution in [3.8, 4) is 17.0 Å². The molecule has 2 heterocycles. The summed E-state index contributed by atoms with van der Waals surface area (Å²) in [7, 11) is 0. The highest BCUT2D eigenvalue weighted by Gasteiger charge is 2.29. The number of carbonyl (C=O) groups excluding carboxylic acids is 1. The molecule has 0 aliphatic carbocycles. The first-order chi connectivity index (χ1) is 14.6. The number of aromatic nitrogens is 3. The van der Waals surface area contributed by atoms with E-state index in [4.69, 9.17) is 20.9 Å². The zero-order chi connectivity index (χ0) is 22.6. The van der Waals surface area contributed by atoms with Gasteiger partial charge in [0.2, 0.25) is 5.88 Å². The second-order valence-corrected chi connectivity index (χ2v) is 7.35. The molecular weight excluding hydrogens is 437 g/mol. The average Bonchev–Trinajstić information content (AvgIpc) is 3.20. The second-order valence-electron chi connectivity index (χ2n) is 6.92. The van der Waals surface area contributed by atoms with Crippen LogP contribution in [-0.4, -0.2) is 34.0 Å². The van der Waals surface area contributed by atoms with Crippen LogP contribution in [0.3, 0.4) is 0 Å². The van der Waals surface area contributed by atoms with E-state index in [2.05, 4.69) is 20.7 Å². The van der Waals surface area contributed by atoms with Gasteiger partial charge in [0.1, 0.15) is 11.5 Å². The maximum absolute atomic E-state index is 12.6. The minimum Gasteiger partial charge on any atom is -0.467 e. The maximum atomic E-state index is 12.6. The fourth-order valence-corrected chi connectivity index (χ4v) is 2.66. The SMILES string of the molecule is CC(C)c1cc(CNC(=O)c2cc(-c3ccc(Cl)cc3)c(OCC(F)(F)F)nn2)no1. The Balaban J connectivity index is 1.81. The Morgan fingerprint density at radius 3 is 2.52 bits per heavy atom. The second kappa shape index (κ2) is 9.34. The number of rotatable bonds is 7. The van der Waals surface area contributed by atoms with Crippen molar-refractivity contribution in [3.63, 3.8) is 0 Å². The highest BCUT2D eigenvalue weighted by molar-refractivity contribution is 6.30.